The van der Waals surface area contributed by atoms with Crippen LogP contribution in [0.1, 0.15) is 39.0 Å². The van der Waals surface area contributed by atoms with Crippen molar-refractivity contribution in [2.75, 3.05) is 20.2 Å². The summed E-state index contributed by atoms with van der Waals surface area (Å²) in [6, 6.07) is 0.770. The van der Waals surface area contributed by atoms with E-state index in [0.717, 1.165) is 25.4 Å². The van der Waals surface area contributed by atoms with Crippen LogP contribution >= 0.6 is 0 Å². The Kier molecular flexibility index (Phi) is 3.33. The Hall–Kier alpha value is -0.120. The van der Waals surface area contributed by atoms with Gasteiger partial charge in [0.2, 0.25) is 0 Å². The molecule has 0 bridgehead atoms. The van der Waals surface area contributed by atoms with Gasteiger partial charge in [-0.2, -0.15) is 0 Å². The fourth-order valence-electron chi connectivity index (χ4n) is 3.36. The highest BCUT2D eigenvalue weighted by atomic mass is 16.5. The van der Waals surface area contributed by atoms with E-state index in [0.29, 0.717) is 6.10 Å². The molecule has 0 aromatic carbocycles. The second-order valence-electron chi connectivity index (χ2n) is 5.09. The van der Waals surface area contributed by atoms with Gasteiger partial charge in [-0.25, -0.2) is 0 Å². The summed E-state index contributed by atoms with van der Waals surface area (Å²) < 4.78 is 5.39. The number of rotatable bonds is 4. The van der Waals surface area contributed by atoms with Crippen LogP contribution in [-0.4, -0.2) is 42.8 Å². The largest absolute Gasteiger partial charge is 0.381 e. The van der Waals surface area contributed by atoms with Crippen molar-refractivity contribution in [3.8, 4) is 0 Å². The zero-order chi connectivity index (χ0) is 10.9. The zero-order valence-electron chi connectivity index (χ0n) is 10.0. The molecule has 3 heteroatoms. The molecule has 1 heterocycles. The first-order chi connectivity index (χ1) is 7.25. The summed E-state index contributed by atoms with van der Waals surface area (Å²) in [5.74, 6) is 0. The van der Waals surface area contributed by atoms with Crippen LogP contribution in [0.2, 0.25) is 0 Å². The number of hydrogen-bond acceptors (Lipinski definition) is 3. The first kappa shape index (κ1) is 11.4. The number of methoxy groups -OCH3 is 1. The van der Waals surface area contributed by atoms with E-state index in [-0.39, 0.29) is 5.54 Å². The SMILES string of the molecule is CCC1CCCN1C1(CN)CC(OC)C1. The second-order valence-corrected chi connectivity index (χ2v) is 5.09. The molecule has 1 saturated carbocycles. The number of nitrogens with two attached hydrogens (primary N) is 1. The third-order valence-electron chi connectivity index (χ3n) is 4.39. The molecular weight excluding hydrogens is 188 g/mol. The third-order valence-corrected chi connectivity index (χ3v) is 4.39. The Labute approximate surface area is 93.0 Å². The van der Waals surface area contributed by atoms with Gasteiger partial charge in [-0.1, -0.05) is 6.92 Å². The Morgan fingerprint density at radius 3 is 2.73 bits per heavy atom. The average molecular weight is 212 g/mol. The van der Waals surface area contributed by atoms with Crippen molar-refractivity contribution in [1.82, 2.24) is 4.90 Å². The standard InChI is InChI=1S/C12H24N2O/c1-3-10-5-4-6-14(10)12(9-13)7-11(8-12)15-2/h10-11H,3-9,13H2,1-2H3. The Bertz CT molecular complexity index is 214. The average Bonchev–Trinajstić information content (AvgIpc) is 2.66. The zero-order valence-corrected chi connectivity index (χ0v) is 10.0. The fraction of sp³-hybridized carbons (Fsp3) is 1.00. The minimum absolute atomic E-state index is 0.276. The van der Waals surface area contributed by atoms with Crippen molar-refractivity contribution in [3.05, 3.63) is 0 Å². The quantitative estimate of drug-likeness (QED) is 0.765. The molecule has 0 radical (unpaired) electrons. The molecule has 2 fully saturated rings. The van der Waals surface area contributed by atoms with Crippen molar-refractivity contribution in [2.24, 2.45) is 5.73 Å². The molecule has 2 rings (SSSR count). The summed E-state index contributed by atoms with van der Waals surface area (Å²) in [4.78, 5) is 2.67. The summed E-state index contributed by atoms with van der Waals surface area (Å²) in [5.41, 5.74) is 6.26. The van der Waals surface area contributed by atoms with Crippen LogP contribution in [0.5, 0.6) is 0 Å². The van der Waals surface area contributed by atoms with Gasteiger partial charge in [-0.3, -0.25) is 4.90 Å². The summed E-state index contributed by atoms with van der Waals surface area (Å²) in [6.45, 7) is 4.33. The lowest BCUT2D eigenvalue weighted by molar-refractivity contribution is -0.0921. The van der Waals surface area contributed by atoms with Gasteiger partial charge in [0, 0.05) is 25.2 Å². The predicted molar refractivity (Wildman–Crippen MR) is 61.8 cm³/mol. The number of ether oxygens (including phenoxy) is 1. The van der Waals surface area contributed by atoms with Crippen molar-refractivity contribution in [3.63, 3.8) is 0 Å². The molecular formula is C12H24N2O. The summed E-state index contributed by atoms with van der Waals surface area (Å²) in [6.07, 6.45) is 6.69. The molecule has 0 spiro atoms. The highest BCUT2D eigenvalue weighted by molar-refractivity contribution is 5.07. The van der Waals surface area contributed by atoms with Gasteiger partial charge < -0.3 is 10.5 Å². The molecule has 1 saturated heterocycles. The van der Waals surface area contributed by atoms with Gasteiger partial charge in [-0.15, -0.1) is 0 Å². The molecule has 1 aliphatic heterocycles. The highest BCUT2D eigenvalue weighted by Gasteiger charge is 2.50. The van der Waals surface area contributed by atoms with Crippen LogP contribution in [0.3, 0.4) is 0 Å². The first-order valence-corrected chi connectivity index (χ1v) is 6.25. The Morgan fingerprint density at radius 2 is 2.20 bits per heavy atom. The number of hydrogen-bond donors (Lipinski definition) is 1. The van der Waals surface area contributed by atoms with Gasteiger partial charge in [0.05, 0.1) is 6.10 Å². The topological polar surface area (TPSA) is 38.5 Å². The first-order valence-electron chi connectivity index (χ1n) is 6.25. The monoisotopic (exact) mass is 212 g/mol. The molecule has 1 aliphatic carbocycles. The lowest BCUT2D eigenvalue weighted by Crippen LogP contribution is -2.64. The lowest BCUT2D eigenvalue weighted by atomic mass is 9.72. The number of likely N-dealkylation sites (tertiary alicyclic amines) is 1. The van der Waals surface area contributed by atoms with Gasteiger partial charge >= 0.3 is 0 Å². The van der Waals surface area contributed by atoms with Gasteiger partial charge in [-0.05, 0) is 38.6 Å². The molecule has 3 nitrogen and oxygen atoms in total. The number of nitrogens with zero attached hydrogens (tertiary/aromatic N) is 1. The molecule has 1 atom stereocenters. The molecule has 2 N–H and O–H groups in total. The molecule has 1 unspecified atom stereocenters. The van der Waals surface area contributed by atoms with Crippen LogP contribution in [0.15, 0.2) is 0 Å². The van der Waals surface area contributed by atoms with Crippen LogP contribution < -0.4 is 5.73 Å². The molecule has 0 aromatic heterocycles. The second kappa shape index (κ2) is 4.40. The normalized spacial score (nSPS) is 41.8. The van der Waals surface area contributed by atoms with E-state index in [2.05, 4.69) is 11.8 Å². The van der Waals surface area contributed by atoms with Gasteiger partial charge in [0.1, 0.15) is 0 Å². The van der Waals surface area contributed by atoms with E-state index in [4.69, 9.17) is 10.5 Å². The van der Waals surface area contributed by atoms with Crippen molar-refractivity contribution < 1.29 is 4.74 Å². The molecule has 88 valence electrons. The summed E-state index contributed by atoms with van der Waals surface area (Å²) in [7, 11) is 1.81. The van der Waals surface area contributed by atoms with Crippen molar-refractivity contribution in [2.45, 2.75) is 56.7 Å². The van der Waals surface area contributed by atoms with E-state index >= 15 is 0 Å². The van der Waals surface area contributed by atoms with Gasteiger partial charge in [0.15, 0.2) is 0 Å². The van der Waals surface area contributed by atoms with Crippen LogP contribution in [0.25, 0.3) is 0 Å². The predicted octanol–water partition coefficient (Wildman–Crippen LogP) is 1.37. The van der Waals surface area contributed by atoms with Crippen molar-refractivity contribution in [1.29, 1.82) is 0 Å². The van der Waals surface area contributed by atoms with E-state index in [1.807, 2.05) is 7.11 Å². The maximum Gasteiger partial charge on any atom is 0.0607 e. The Balaban J connectivity index is 2.01. The van der Waals surface area contributed by atoms with Crippen molar-refractivity contribution >= 4 is 0 Å². The molecule has 0 aromatic rings. The van der Waals surface area contributed by atoms with Gasteiger partial charge in [0.25, 0.3) is 0 Å². The summed E-state index contributed by atoms with van der Waals surface area (Å²) >= 11 is 0. The molecule has 2 aliphatic rings. The lowest BCUT2D eigenvalue weighted by Gasteiger charge is -2.54. The minimum atomic E-state index is 0.276. The highest BCUT2D eigenvalue weighted by Crippen LogP contribution is 2.42. The third kappa shape index (κ3) is 1.81. The van der Waals surface area contributed by atoms with E-state index < -0.39 is 0 Å². The van der Waals surface area contributed by atoms with Crippen LogP contribution in [-0.2, 0) is 4.74 Å². The molecule has 0 amide bonds. The smallest absolute Gasteiger partial charge is 0.0607 e. The van der Waals surface area contributed by atoms with Crippen LogP contribution in [0.4, 0.5) is 0 Å². The fourth-order valence-corrected chi connectivity index (χ4v) is 3.36. The maximum atomic E-state index is 5.99. The maximum absolute atomic E-state index is 5.99. The summed E-state index contributed by atoms with van der Waals surface area (Å²) in [5, 5.41) is 0. The van der Waals surface area contributed by atoms with E-state index in [1.54, 1.807) is 0 Å². The van der Waals surface area contributed by atoms with E-state index in [9.17, 15) is 0 Å². The minimum Gasteiger partial charge on any atom is -0.381 e. The Morgan fingerprint density at radius 1 is 1.47 bits per heavy atom. The van der Waals surface area contributed by atoms with Crippen LogP contribution in [0, 0.1) is 0 Å². The van der Waals surface area contributed by atoms with E-state index in [1.165, 1.54) is 25.8 Å². The molecule has 15 heavy (non-hydrogen) atoms.